The van der Waals surface area contributed by atoms with Crippen molar-refractivity contribution in [1.29, 1.82) is 0 Å². The molecule has 0 aliphatic heterocycles. The summed E-state index contributed by atoms with van der Waals surface area (Å²) >= 11 is 0. The maximum atomic E-state index is 12.4. The van der Waals surface area contributed by atoms with Crippen LogP contribution in [0.1, 0.15) is 55.3 Å². The first-order valence-corrected chi connectivity index (χ1v) is 8.78. The van der Waals surface area contributed by atoms with Gasteiger partial charge in [0.1, 0.15) is 11.5 Å². The molecule has 1 amide bonds. The average molecular weight is 330 g/mol. The van der Waals surface area contributed by atoms with Crippen molar-refractivity contribution in [2.75, 3.05) is 14.2 Å². The molecular formula is C19H26N2O3. The molecule has 0 radical (unpaired) electrons. The molecule has 0 heterocycles. The lowest BCUT2D eigenvalue weighted by Crippen LogP contribution is -2.29. The standard InChI is InChI=1S/C19H26N2O3/c1-23-17-10-15(11-18(12-17)24-2)19(22)21-20-16-8-7-13-5-3-4-6-14(13)9-16/h10-14H,3-9H2,1-2H3,(H,21,22)/b20-16-/t13-,14-/m0/s1. The summed E-state index contributed by atoms with van der Waals surface area (Å²) in [5, 5.41) is 4.40. The highest BCUT2D eigenvalue weighted by Crippen LogP contribution is 2.39. The Bertz CT molecular complexity index is 605. The molecule has 5 nitrogen and oxygen atoms in total. The third-order valence-electron chi connectivity index (χ3n) is 5.30. The zero-order chi connectivity index (χ0) is 16.9. The van der Waals surface area contributed by atoms with E-state index in [1.807, 2.05) is 0 Å². The van der Waals surface area contributed by atoms with Gasteiger partial charge in [-0.2, -0.15) is 5.10 Å². The van der Waals surface area contributed by atoms with Crippen molar-refractivity contribution in [3.63, 3.8) is 0 Å². The summed E-state index contributed by atoms with van der Waals surface area (Å²) in [6.07, 6.45) is 8.65. The van der Waals surface area contributed by atoms with Crippen LogP contribution < -0.4 is 14.9 Å². The molecule has 2 aliphatic carbocycles. The molecule has 1 aromatic carbocycles. The summed E-state index contributed by atoms with van der Waals surface area (Å²) in [5.41, 5.74) is 4.32. The summed E-state index contributed by atoms with van der Waals surface area (Å²) in [6.45, 7) is 0. The highest BCUT2D eigenvalue weighted by Gasteiger charge is 2.30. The van der Waals surface area contributed by atoms with Crippen molar-refractivity contribution >= 4 is 11.6 Å². The molecular weight excluding hydrogens is 304 g/mol. The van der Waals surface area contributed by atoms with Crippen molar-refractivity contribution in [3.05, 3.63) is 23.8 Å². The number of hydrogen-bond donors (Lipinski definition) is 1. The summed E-state index contributed by atoms with van der Waals surface area (Å²) in [6, 6.07) is 5.12. The Morgan fingerprint density at radius 2 is 1.71 bits per heavy atom. The van der Waals surface area contributed by atoms with Crippen molar-refractivity contribution in [2.24, 2.45) is 16.9 Å². The summed E-state index contributed by atoms with van der Waals surface area (Å²) in [4.78, 5) is 12.4. The van der Waals surface area contributed by atoms with Crippen LogP contribution in [0, 0.1) is 11.8 Å². The van der Waals surface area contributed by atoms with E-state index in [1.165, 1.54) is 32.1 Å². The van der Waals surface area contributed by atoms with Crippen LogP contribution in [-0.2, 0) is 0 Å². The molecule has 130 valence electrons. The molecule has 0 bridgehead atoms. The Kier molecular flexibility index (Phi) is 5.38. The predicted molar refractivity (Wildman–Crippen MR) is 93.7 cm³/mol. The third-order valence-corrected chi connectivity index (χ3v) is 5.30. The molecule has 3 rings (SSSR count). The van der Waals surface area contributed by atoms with Crippen molar-refractivity contribution in [2.45, 2.75) is 44.9 Å². The summed E-state index contributed by atoms with van der Waals surface area (Å²) in [5.74, 6) is 2.59. The van der Waals surface area contributed by atoms with E-state index in [-0.39, 0.29) is 5.91 Å². The van der Waals surface area contributed by atoms with Crippen molar-refractivity contribution < 1.29 is 14.3 Å². The van der Waals surface area contributed by atoms with Gasteiger partial charge in [0.15, 0.2) is 0 Å². The number of hydrogen-bond acceptors (Lipinski definition) is 4. The molecule has 1 aromatic rings. The molecule has 5 heteroatoms. The molecule has 0 spiro atoms. The van der Waals surface area contributed by atoms with Gasteiger partial charge in [0, 0.05) is 17.3 Å². The Morgan fingerprint density at radius 1 is 1.04 bits per heavy atom. The van der Waals surface area contributed by atoms with Gasteiger partial charge in [-0.15, -0.1) is 0 Å². The van der Waals surface area contributed by atoms with Crippen LogP contribution in [0.15, 0.2) is 23.3 Å². The first-order chi connectivity index (χ1) is 11.7. The van der Waals surface area contributed by atoms with Gasteiger partial charge in [0.2, 0.25) is 0 Å². The van der Waals surface area contributed by atoms with Crippen LogP contribution in [0.4, 0.5) is 0 Å². The van der Waals surface area contributed by atoms with Crippen LogP contribution in [-0.4, -0.2) is 25.8 Å². The molecule has 2 atom stereocenters. The zero-order valence-electron chi connectivity index (χ0n) is 14.5. The number of hydrazone groups is 1. The SMILES string of the molecule is COc1cc(OC)cc(C(=O)N/N=C2/CC[C@@H]3CCCC[C@H]3C2)c1. The van der Waals surface area contributed by atoms with Crippen molar-refractivity contribution in [3.8, 4) is 11.5 Å². The molecule has 1 N–H and O–H groups in total. The van der Waals surface area contributed by atoms with Crippen LogP contribution in [0.2, 0.25) is 0 Å². The number of fused-ring (bicyclic) bond motifs is 1. The number of benzene rings is 1. The minimum atomic E-state index is -0.231. The number of nitrogens with zero attached hydrogens (tertiary/aromatic N) is 1. The zero-order valence-corrected chi connectivity index (χ0v) is 14.5. The first-order valence-electron chi connectivity index (χ1n) is 8.78. The molecule has 2 aliphatic rings. The predicted octanol–water partition coefficient (Wildman–Crippen LogP) is 3.78. The number of carbonyl (C=O) groups excluding carboxylic acids is 1. The number of nitrogens with one attached hydrogen (secondary N) is 1. The molecule has 0 unspecified atom stereocenters. The minimum absolute atomic E-state index is 0.231. The minimum Gasteiger partial charge on any atom is -0.497 e. The van der Waals surface area contributed by atoms with Gasteiger partial charge in [0.25, 0.3) is 5.91 Å². The number of rotatable bonds is 4. The van der Waals surface area contributed by atoms with Crippen LogP contribution in [0.25, 0.3) is 0 Å². The second-order valence-electron chi connectivity index (χ2n) is 6.77. The average Bonchev–Trinajstić information content (AvgIpc) is 2.65. The first kappa shape index (κ1) is 16.8. The van der Waals surface area contributed by atoms with E-state index in [0.717, 1.165) is 30.4 Å². The Hall–Kier alpha value is -2.04. The number of carbonyl (C=O) groups is 1. The Labute approximate surface area is 143 Å². The fraction of sp³-hybridized carbons (Fsp3) is 0.579. The van der Waals surface area contributed by atoms with Gasteiger partial charge in [-0.25, -0.2) is 5.43 Å². The largest absolute Gasteiger partial charge is 0.497 e. The fourth-order valence-corrected chi connectivity index (χ4v) is 3.92. The van der Waals surface area contributed by atoms with Crippen LogP contribution in [0.5, 0.6) is 11.5 Å². The van der Waals surface area contributed by atoms with E-state index in [4.69, 9.17) is 9.47 Å². The molecule has 24 heavy (non-hydrogen) atoms. The van der Waals surface area contributed by atoms with Gasteiger partial charge < -0.3 is 9.47 Å². The van der Waals surface area contributed by atoms with E-state index < -0.39 is 0 Å². The van der Waals surface area contributed by atoms with Gasteiger partial charge >= 0.3 is 0 Å². The van der Waals surface area contributed by atoms with E-state index in [0.29, 0.717) is 17.1 Å². The summed E-state index contributed by atoms with van der Waals surface area (Å²) in [7, 11) is 3.14. The van der Waals surface area contributed by atoms with E-state index >= 15 is 0 Å². The lowest BCUT2D eigenvalue weighted by molar-refractivity contribution is 0.0953. The number of ether oxygens (including phenoxy) is 2. The second kappa shape index (κ2) is 7.69. The monoisotopic (exact) mass is 330 g/mol. The third kappa shape index (κ3) is 3.89. The van der Waals surface area contributed by atoms with Gasteiger partial charge in [-0.1, -0.05) is 19.3 Å². The second-order valence-corrected chi connectivity index (χ2v) is 6.77. The van der Waals surface area contributed by atoms with Gasteiger partial charge in [-0.3, -0.25) is 4.79 Å². The van der Waals surface area contributed by atoms with E-state index in [9.17, 15) is 4.79 Å². The number of methoxy groups -OCH3 is 2. The highest BCUT2D eigenvalue weighted by atomic mass is 16.5. The fourth-order valence-electron chi connectivity index (χ4n) is 3.92. The highest BCUT2D eigenvalue weighted by molar-refractivity contribution is 5.96. The van der Waals surface area contributed by atoms with E-state index in [2.05, 4.69) is 10.5 Å². The van der Waals surface area contributed by atoms with Crippen LogP contribution in [0.3, 0.4) is 0 Å². The Balaban J connectivity index is 1.64. The van der Waals surface area contributed by atoms with Crippen molar-refractivity contribution in [1.82, 2.24) is 5.43 Å². The summed E-state index contributed by atoms with van der Waals surface area (Å²) < 4.78 is 10.4. The molecule has 2 saturated carbocycles. The topological polar surface area (TPSA) is 59.9 Å². The van der Waals surface area contributed by atoms with Gasteiger partial charge in [0.05, 0.1) is 14.2 Å². The number of amides is 1. The lowest BCUT2D eigenvalue weighted by Gasteiger charge is -2.35. The normalized spacial score (nSPS) is 25.0. The molecule has 0 saturated heterocycles. The van der Waals surface area contributed by atoms with Gasteiger partial charge in [-0.05, 0) is 49.7 Å². The van der Waals surface area contributed by atoms with Crippen LogP contribution >= 0.6 is 0 Å². The molecule has 2 fully saturated rings. The van der Waals surface area contributed by atoms with E-state index in [1.54, 1.807) is 32.4 Å². The molecule has 0 aromatic heterocycles. The lowest BCUT2D eigenvalue weighted by atomic mass is 9.70. The smallest absolute Gasteiger partial charge is 0.271 e. The quantitative estimate of drug-likeness (QED) is 0.855. The Morgan fingerprint density at radius 3 is 2.38 bits per heavy atom. The maximum absolute atomic E-state index is 12.4. The maximum Gasteiger partial charge on any atom is 0.271 e.